The van der Waals surface area contributed by atoms with Crippen LogP contribution in [0.1, 0.15) is 38.0 Å². The van der Waals surface area contributed by atoms with E-state index >= 15 is 0 Å². The zero-order chi connectivity index (χ0) is 21.3. The molecule has 0 aliphatic rings. The van der Waals surface area contributed by atoms with Gasteiger partial charge in [0.2, 0.25) is 0 Å². The van der Waals surface area contributed by atoms with Crippen LogP contribution in [0.25, 0.3) is 17.1 Å². The highest BCUT2D eigenvalue weighted by molar-refractivity contribution is 6.20. The molecule has 1 unspecified atom stereocenters. The van der Waals surface area contributed by atoms with Crippen LogP contribution in [0, 0.1) is 11.6 Å². The maximum atomic E-state index is 13.7. The standard InChI is InChI=1S/C24H16F2N2O2/c1-2-14-6-5-7-15(10-14)22(29)21(23(30)16-11-17(25)13-18(26)12-16)24-27-19-8-3-4-9-20(19)28-24/h2-13,21H,1H2,(H,27,28). The van der Waals surface area contributed by atoms with E-state index < -0.39 is 29.1 Å². The molecular weight excluding hydrogens is 386 g/mol. The average molecular weight is 402 g/mol. The fourth-order valence-corrected chi connectivity index (χ4v) is 3.32. The third kappa shape index (κ3) is 3.67. The summed E-state index contributed by atoms with van der Waals surface area (Å²) < 4.78 is 27.5. The largest absolute Gasteiger partial charge is 0.341 e. The fourth-order valence-electron chi connectivity index (χ4n) is 3.32. The summed E-state index contributed by atoms with van der Waals surface area (Å²) in [6.07, 6.45) is 1.58. The first-order valence-electron chi connectivity index (χ1n) is 9.18. The minimum atomic E-state index is -1.39. The second-order valence-electron chi connectivity index (χ2n) is 6.79. The van der Waals surface area contributed by atoms with E-state index in [1.807, 2.05) is 0 Å². The lowest BCUT2D eigenvalue weighted by molar-refractivity contribution is 0.0855. The minimum absolute atomic E-state index is 0.111. The number of halogens is 2. The van der Waals surface area contributed by atoms with Gasteiger partial charge in [-0.2, -0.15) is 0 Å². The summed E-state index contributed by atoms with van der Waals surface area (Å²) in [5.41, 5.74) is 1.94. The summed E-state index contributed by atoms with van der Waals surface area (Å²) in [7, 11) is 0. The summed E-state index contributed by atoms with van der Waals surface area (Å²) in [5, 5.41) is 0. The Labute approximate surface area is 170 Å². The number of aromatic amines is 1. The Kier molecular flexibility index (Phi) is 5.06. The molecule has 1 N–H and O–H groups in total. The van der Waals surface area contributed by atoms with Crippen molar-refractivity contribution in [2.24, 2.45) is 0 Å². The smallest absolute Gasteiger partial charge is 0.181 e. The van der Waals surface area contributed by atoms with E-state index in [1.54, 1.807) is 54.6 Å². The molecule has 0 aliphatic heterocycles. The zero-order valence-electron chi connectivity index (χ0n) is 15.7. The number of hydrogen-bond acceptors (Lipinski definition) is 3. The van der Waals surface area contributed by atoms with Crippen molar-refractivity contribution < 1.29 is 18.4 Å². The lowest BCUT2D eigenvalue weighted by Gasteiger charge is -2.14. The number of carbonyl (C=O) groups excluding carboxylic acids is 2. The fraction of sp³-hybridized carbons (Fsp3) is 0.0417. The molecule has 0 saturated carbocycles. The number of aromatic nitrogens is 2. The van der Waals surface area contributed by atoms with E-state index in [0.29, 0.717) is 22.7 Å². The Morgan fingerprint density at radius 3 is 2.30 bits per heavy atom. The van der Waals surface area contributed by atoms with Crippen LogP contribution in [-0.4, -0.2) is 21.5 Å². The topological polar surface area (TPSA) is 62.8 Å². The van der Waals surface area contributed by atoms with E-state index in [1.165, 1.54) is 0 Å². The van der Waals surface area contributed by atoms with Crippen molar-refractivity contribution in [2.45, 2.75) is 5.92 Å². The van der Waals surface area contributed by atoms with Crippen molar-refractivity contribution in [3.63, 3.8) is 0 Å². The molecule has 3 aromatic carbocycles. The van der Waals surface area contributed by atoms with E-state index in [-0.39, 0.29) is 17.0 Å². The van der Waals surface area contributed by atoms with Gasteiger partial charge in [0.15, 0.2) is 11.6 Å². The molecule has 1 aromatic heterocycles. The molecule has 0 fully saturated rings. The predicted molar refractivity (Wildman–Crippen MR) is 110 cm³/mol. The second kappa shape index (κ2) is 7.83. The maximum Gasteiger partial charge on any atom is 0.181 e. The molecule has 6 heteroatoms. The summed E-state index contributed by atoms with van der Waals surface area (Å²) in [6.45, 7) is 3.69. The molecule has 0 spiro atoms. The number of nitrogens with one attached hydrogen (secondary N) is 1. The van der Waals surface area contributed by atoms with Gasteiger partial charge in [-0.15, -0.1) is 0 Å². The van der Waals surface area contributed by atoms with Gasteiger partial charge in [0.05, 0.1) is 11.0 Å². The van der Waals surface area contributed by atoms with Crippen LogP contribution in [0.4, 0.5) is 8.78 Å². The van der Waals surface area contributed by atoms with Gasteiger partial charge in [-0.25, -0.2) is 13.8 Å². The third-order valence-electron chi connectivity index (χ3n) is 4.76. The molecule has 0 aliphatic carbocycles. The van der Waals surface area contributed by atoms with Gasteiger partial charge in [0, 0.05) is 17.2 Å². The van der Waals surface area contributed by atoms with Crippen molar-refractivity contribution in [3.8, 4) is 0 Å². The van der Waals surface area contributed by atoms with Crippen molar-refractivity contribution >= 4 is 28.7 Å². The van der Waals surface area contributed by atoms with Gasteiger partial charge >= 0.3 is 0 Å². The predicted octanol–water partition coefficient (Wildman–Crippen LogP) is 5.33. The molecule has 148 valence electrons. The van der Waals surface area contributed by atoms with E-state index in [0.717, 1.165) is 12.1 Å². The highest BCUT2D eigenvalue weighted by Crippen LogP contribution is 2.27. The maximum absolute atomic E-state index is 13.7. The molecule has 4 aromatic rings. The van der Waals surface area contributed by atoms with Crippen molar-refractivity contribution in [3.05, 3.63) is 107 Å². The van der Waals surface area contributed by atoms with E-state index in [2.05, 4.69) is 16.5 Å². The third-order valence-corrected chi connectivity index (χ3v) is 4.76. The van der Waals surface area contributed by atoms with Gasteiger partial charge in [-0.3, -0.25) is 9.59 Å². The zero-order valence-corrected chi connectivity index (χ0v) is 15.7. The van der Waals surface area contributed by atoms with Gasteiger partial charge in [0.1, 0.15) is 23.4 Å². The SMILES string of the molecule is C=Cc1cccc(C(=O)C(C(=O)c2cc(F)cc(F)c2)c2nc3ccccc3[nH]2)c1. The minimum Gasteiger partial charge on any atom is -0.341 e. The number of Topliss-reactive ketones (excluding diaryl/α,β-unsaturated/α-hetero) is 2. The normalized spacial score (nSPS) is 11.9. The van der Waals surface area contributed by atoms with E-state index in [4.69, 9.17) is 0 Å². The highest BCUT2D eigenvalue weighted by Gasteiger charge is 2.33. The molecule has 0 amide bonds. The number of hydrogen-bond donors (Lipinski definition) is 1. The molecular formula is C24H16F2N2O2. The average Bonchev–Trinajstić information content (AvgIpc) is 3.16. The molecule has 0 bridgehead atoms. The molecule has 0 radical (unpaired) electrons. The van der Waals surface area contributed by atoms with Crippen LogP contribution in [-0.2, 0) is 0 Å². The summed E-state index contributed by atoms with van der Waals surface area (Å²) >= 11 is 0. The molecule has 30 heavy (non-hydrogen) atoms. The molecule has 1 atom stereocenters. The Balaban J connectivity index is 1.86. The number of carbonyl (C=O) groups is 2. The molecule has 4 rings (SSSR count). The van der Waals surface area contributed by atoms with E-state index in [9.17, 15) is 18.4 Å². The monoisotopic (exact) mass is 402 g/mol. The summed E-state index contributed by atoms with van der Waals surface area (Å²) in [5.74, 6) is -4.36. The van der Waals surface area contributed by atoms with Crippen LogP contribution in [0.3, 0.4) is 0 Å². The number of ketones is 2. The lowest BCUT2D eigenvalue weighted by Crippen LogP contribution is -2.24. The Morgan fingerprint density at radius 2 is 1.60 bits per heavy atom. The van der Waals surface area contributed by atoms with Crippen LogP contribution in [0.2, 0.25) is 0 Å². The second-order valence-corrected chi connectivity index (χ2v) is 6.79. The first-order valence-corrected chi connectivity index (χ1v) is 9.18. The quantitative estimate of drug-likeness (QED) is 0.350. The number of benzene rings is 3. The van der Waals surface area contributed by atoms with Crippen LogP contribution >= 0.6 is 0 Å². The van der Waals surface area contributed by atoms with Gasteiger partial charge in [-0.1, -0.05) is 43.0 Å². The van der Waals surface area contributed by atoms with Crippen LogP contribution in [0.5, 0.6) is 0 Å². The number of para-hydroxylation sites is 2. The molecule has 1 heterocycles. The Hall–Kier alpha value is -3.93. The number of imidazole rings is 1. The van der Waals surface area contributed by atoms with Crippen molar-refractivity contribution in [2.75, 3.05) is 0 Å². The first-order chi connectivity index (χ1) is 14.5. The highest BCUT2D eigenvalue weighted by atomic mass is 19.1. The summed E-state index contributed by atoms with van der Waals surface area (Å²) in [4.78, 5) is 34.0. The van der Waals surface area contributed by atoms with Gasteiger partial charge < -0.3 is 4.98 Å². The van der Waals surface area contributed by atoms with Crippen LogP contribution < -0.4 is 0 Å². The van der Waals surface area contributed by atoms with Crippen molar-refractivity contribution in [1.29, 1.82) is 0 Å². The molecule has 4 nitrogen and oxygen atoms in total. The Bertz CT molecular complexity index is 1240. The van der Waals surface area contributed by atoms with Gasteiger partial charge in [0.25, 0.3) is 0 Å². The lowest BCUT2D eigenvalue weighted by atomic mass is 9.88. The first kappa shape index (κ1) is 19.4. The van der Waals surface area contributed by atoms with Crippen LogP contribution in [0.15, 0.2) is 73.3 Å². The summed E-state index contributed by atoms with van der Waals surface area (Å²) in [6, 6.07) is 16.2. The van der Waals surface area contributed by atoms with Crippen molar-refractivity contribution in [1.82, 2.24) is 9.97 Å². The molecule has 0 saturated heterocycles. The number of H-pyrrole nitrogens is 1. The number of fused-ring (bicyclic) bond motifs is 1. The number of nitrogens with zero attached hydrogens (tertiary/aromatic N) is 1. The number of rotatable bonds is 6. The Morgan fingerprint density at radius 1 is 0.900 bits per heavy atom. The van der Waals surface area contributed by atoms with Gasteiger partial charge in [-0.05, 0) is 35.9 Å².